The summed E-state index contributed by atoms with van der Waals surface area (Å²) in [6.45, 7) is 2.44. The first-order valence-corrected chi connectivity index (χ1v) is 4.57. The van der Waals surface area contributed by atoms with Gasteiger partial charge < -0.3 is 5.73 Å². The van der Waals surface area contributed by atoms with Crippen molar-refractivity contribution in [1.82, 2.24) is 0 Å². The molecule has 0 unspecified atom stereocenters. The van der Waals surface area contributed by atoms with Crippen molar-refractivity contribution in [3.8, 4) is 0 Å². The number of carbonyl (C=O) groups is 1. The Kier molecular flexibility index (Phi) is 3.07. The fourth-order valence-electron chi connectivity index (χ4n) is 1.53. The molecule has 0 aromatic heterocycles. The standard InChI is InChI=1S/C11H13F2NO/c1-7-5-8(6-10(14)15)3-4-9(7)11(2,12)13/h3-5H,6H2,1-2H3,(H2,14,15). The van der Waals surface area contributed by atoms with E-state index in [1.54, 1.807) is 13.0 Å². The number of amides is 1. The van der Waals surface area contributed by atoms with Gasteiger partial charge in [0, 0.05) is 12.5 Å². The monoisotopic (exact) mass is 213 g/mol. The third-order valence-electron chi connectivity index (χ3n) is 2.14. The lowest BCUT2D eigenvalue weighted by Gasteiger charge is -2.14. The maximum Gasteiger partial charge on any atom is 0.270 e. The van der Waals surface area contributed by atoms with E-state index in [0.717, 1.165) is 6.92 Å². The molecule has 0 fully saturated rings. The zero-order valence-corrected chi connectivity index (χ0v) is 8.68. The highest BCUT2D eigenvalue weighted by atomic mass is 19.3. The summed E-state index contributed by atoms with van der Waals surface area (Å²) in [6, 6.07) is 4.41. The Morgan fingerprint density at radius 2 is 2.07 bits per heavy atom. The Morgan fingerprint density at radius 1 is 1.47 bits per heavy atom. The first-order chi connectivity index (χ1) is 6.80. The molecule has 1 amide bonds. The highest BCUT2D eigenvalue weighted by Crippen LogP contribution is 2.29. The van der Waals surface area contributed by atoms with E-state index < -0.39 is 11.8 Å². The van der Waals surface area contributed by atoms with Crippen LogP contribution in [-0.4, -0.2) is 5.91 Å². The highest BCUT2D eigenvalue weighted by Gasteiger charge is 2.26. The largest absolute Gasteiger partial charge is 0.369 e. The molecule has 1 aromatic rings. The van der Waals surface area contributed by atoms with Gasteiger partial charge in [0.25, 0.3) is 5.92 Å². The number of alkyl halides is 2. The third kappa shape index (κ3) is 3.01. The van der Waals surface area contributed by atoms with Gasteiger partial charge in [-0.15, -0.1) is 0 Å². The van der Waals surface area contributed by atoms with Crippen molar-refractivity contribution in [2.24, 2.45) is 5.73 Å². The van der Waals surface area contributed by atoms with Crippen LogP contribution in [0.3, 0.4) is 0 Å². The van der Waals surface area contributed by atoms with Crippen molar-refractivity contribution >= 4 is 5.91 Å². The van der Waals surface area contributed by atoms with Crippen LogP contribution >= 0.6 is 0 Å². The highest BCUT2D eigenvalue weighted by molar-refractivity contribution is 5.76. The van der Waals surface area contributed by atoms with Crippen LogP contribution in [0.4, 0.5) is 8.78 Å². The number of aryl methyl sites for hydroxylation is 1. The topological polar surface area (TPSA) is 43.1 Å². The van der Waals surface area contributed by atoms with Crippen molar-refractivity contribution in [3.63, 3.8) is 0 Å². The van der Waals surface area contributed by atoms with E-state index in [1.807, 2.05) is 0 Å². The molecule has 0 aliphatic heterocycles. The molecule has 0 heterocycles. The fourth-order valence-corrected chi connectivity index (χ4v) is 1.53. The minimum atomic E-state index is -2.85. The molecule has 0 atom stereocenters. The van der Waals surface area contributed by atoms with Crippen molar-refractivity contribution in [2.75, 3.05) is 0 Å². The molecule has 0 aliphatic rings. The molecule has 0 radical (unpaired) electrons. The lowest BCUT2D eigenvalue weighted by atomic mass is 9.99. The van der Waals surface area contributed by atoms with E-state index >= 15 is 0 Å². The Labute approximate surface area is 87.1 Å². The molecule has 82 valence electrons. The maximum absolute atomic E-state index is 13.0. The average molecular weight is 213 g/mol. The van der Waals surface area contributed by atoms with Gasteiger partial charge in [0.1, 0.15) is 0 Å². The molecule has 1 aromatic carbocycles. The van der Waals surface area contributed by atoms with Gasteiger partial charge >= 0.3 is 0 Å². The number of halogens is 2. The van der Waals surface area contributed by atoms with Gasteiger partial charge in [0.05, 0.1) is 6.42 Å². The molecule has 0 saturated heterocycles. The SMILES string of the molecule is Cc1cc(CC(N)=O)ccc1C(C)(F)F. The minimum Gasteiger partial charge on any atom is -0.369 e. The van der Waals surface area contributed by atoms with Crippen LogP contribution in [-0.2, 0) is 17.1 Å². The summed E-state index contributed by atoms with van der Waals surface area (Å²) in [7, 11) is 0. The van der Waals surface area contributed by atoms with Gasteiger partial charge in [-0.2, -0.15) is 0 Å². The molecule has 0 bridgehead atoms. The third-order valence-corrected chi connectivity index (χ3v) is 2.14. The van der Waals surface area contributed by atoms with Gasteiger partial charge in [0.2, 0.25) is 5.91 Å². The normalized spacial score (nSPS) is 11.5. The van der Waals surface area contributed by atoms with Crippen molar-refractivity contribution in [2.45, 2.75) is 26.2 Å². The van der Waals surface area contributed by atoms with Crippen LogP contribution in [0.25, 0.3) is 0 Å². The number of hydrogen-bond donors (Lipinski definition) is 1. The van der Waals surface area contributed by atoms with Crippen LogP contribution in [0.15, 0.2) is 18.2 Å². The Hall–Kier alpha value is -1.45. The van der Waals surface area contributed by atoms with Crippen LogP contribution in [0, 0.1) is 6.92 Å². The molecular formula is C11H13F2NO. The molecule has 0 saturated carbocycles. The van der Waals surface area contributed by atoms with Crippen molar-refractivity contribution < 1.29 is 13.6 Å². The van der Waals surface area contributed by atoms with E-state index in [4.69, 9.17) is 5.73 Å². The minimum absolute atomic E-state index is 0.0179. The zero-order valence-electron chi connectivity index (χ0n) is 8.68. The van der Waals surface area contributed by atoms with Gasteiger partial charge in [-0.25, -0.2) is 8.78 Å². The van der Waals surface area contributed by atoms with Crippen LogP contribution in [0.2, 0.25) is 0 Å². The second-order valence-corrected chi connectivity index (χ2v) is 3.68. The summed E-state index contributed by atoms with van der Waals surface area (Å²) >= 11 is 0. The van der Waals surface area contributed by atoms with E-state index in [1.165, 1.54) is 12.1 Å². The summed E-state index contributed by atoms with van der Waals surface area (Å²) in [5.41, 5.74) is 6.13. The maximum atomic E-state index is 13.0. The average Bonchev–Trinajstić information content (AvgIpc) is 1.99. The molecule has 4 heteroatoms. The van der Waals surface area contributed by atoms with Crippen LogP contribution in [0.5, 0.6) is 0 Å². The number of nitrogens with two attached hydrogens (primary N) is 1. The second-order valence-electron chi connectivity index (χ2n) is 3.68. The first kappa shape index (κ1) is 11.6. The molecule has 0 aliphatic carbocycles. The van der Waals surface area contributed by atoms with Gasteiger partial charge in [-0.1, -0.05) is 18.2 Å². The van der Waals surface area contributed by atoms with Crippen molar-refractivity contribution in [1.29, 1.82) is 0 Å². The Morgan fingerprint density at radius 3 is 2.47 bits per heavy atom. The molecule has 2 nitrogen and oxygen atoms in total. The molecular weight excluding hydrogens is 200 g/mol. The lowest BCUT2D eigenvalue weighted by molar-refractivity contribution is -0.117. The number of rotatable bonds is 3. The van der Waals surface area contributed by atoms with Gasteiger partial charge in [0.15, 0.2) is 0 Å². The molecule has 0 spiro atoms. The quantitative estimate of drug-likeness (QED) is 0.821. The molecule has 2 N–H and O–H groups in total. The fraction of sp³-hybridized carbons (Fsp3) is 0.364. The van der Waals surface area contributed by atoms with Crippen LogP contribution < -0.4 is 5.73 Å². The van der Waals surface area contributed by atoms with E-state index in [9.17, 15) is 13.6 Å². The summed E-state index contributed by atoms with van der Waals surface area (Å²) in [4.78, 5) is 10.6. The second kappa shape index (κ2) is 3.96. The van der Waals surface area contributed by atoms with E-state index in [0.29, 0.717) is 11.1 Å². The summed E-state index contributed by atoms with van der Waals surface area (Å²) < 4.78 is 26.0. The predicted molar refractivity (Wildman–Crippen MR) is 53.6 cm³/mol. The number of hydrogen-bond acceptors (Lipinski definition) is 1. The van der Waals surface area contributed by atoms with Crippen molar-refractivity contribution in [3.05, 3.63) is 34.9 Å². The summed E-state index contributed by atoms with van der Waals surface area (Å²) in [5.74, 6) is -3.32. The lowest BCUT2D eigenvalue weighted by Crippen LogP contribution is -2.14. The molecule has 1 rings (SSSR count). The Balaban J connectivity index is 3.04. The molecule has 15 heavy (non-hydrogen) atoms. The number of primary amides is 1. The van der Waals surface area contributed by atoms with E-state index in [2.05, 4.69) is 0 Å². The van der Waals surface area contributed by atoms with E-state index in [-0.39, 0.29) is 12.0 Å². The number of benzene rings is 1. The Bertz CT molecular complexity index is 383. The summed E-state index contributed by atoms with van der Waals surface area (Å²) in [6.07, 6.45) is 0.0798. The summed E-state index contributed by atoms with van der Waals surface area (Å²) in [5, 5.41) is 0. The predicted octanol–water partition coefficient (Wildman–Crippen LogP) is 2.13. The zero-order chi connectivity index (χ0) is 11.6. The van der Waals surface area contributed by atoms with Gasteiger partial charge in [-0.05, 0) is 18.1 Å². The van der Waals surface area contributed by atoms with Crippen LogP contribution in [0.1, 0.15) is 23.6 Å². The smallest absolute Gasteiger partial charge is 0.270 e. The number of carbonyl (C=O) groups excluding carboxylic acids is 1. The van der Waals surface area contributed by atoms with Gasteiger partial charge in [-0.3, -0.25) is 4.79 Å². The first-order valence-electron chi connectivity index (χ1n) is 4.57.